The highest BCUT2D eigenvalue weighted by atomic mass is 32.1. The summed E-state index contributed by atoms with van der Waals surface area (Å²) in [7, 11) is 1.71. The second-order valence-electron chi connectivity index (χ2n) is 4.49. The van der Waals surface area contributed by atoms with Crippen molar-refractivity contribution < 1.29 is 10.0 Å². The Labute approximate surface area is 125 Å². The van der Waals surface area contributed by atoms with Crippen molar-refractivity contribution in [2.45, 2.75) is 13.0 Å². The molecule has 1 N–H and O–H groups in total. The normalized spacial score (nSPS) is 11.7. The van der Waals surface area contributed by atoms with Gasteiger partial charge in [-0.2, -0.15) is 5.26 Å². The van der Waals surface area contributed by atoms with Gasteiger partial charge in [-0.05, 0) is 31.2 Å². The second-order valence-corrected chi connectivity index (χ2v) is 5.55. The molecule has 0 fully saturated rings. The van der Waals surface area contributed by atoms with Crippen molar-refractivity contribution in [1.29, 1.82) is 5.26 Å². The van der Waals surface area contributed by atoms with Gasteiger partial charge in [0.2, 0.25) is 0 Å². The van der Waals surface area contributed by atoms with Crippen molar-refractivity contribution in [3.63, 3.8) is 0 Å². The summed E-state index contributed by atoms with van der Waals surface area (Å²) in [6, 6.07) is 10.2. The molecule has 0 aliphatic rings. The van der Waals surface area contributed by atoms with Gasteiger partial charge < -0.3 is 10.0 Å². The molecular weight excluding hydrogens is 290 g/mol. The van der Waals surface area contributed by atoms with Gasteiger partial charge in [-0.3, -0.25) is 10.1 Å². The van der Waals surface area contributed by atoms with E-state index in [4.69, 9.17) is 5.26 Å². The summed E-state index contributed by atoms with van der Waals surface area (Å²) in [5.74, 6) is 0. The predicted molar refractivity (Wildman–Crippen MR) is 80.8 cm³/mol. The molecule has 21 heavy (non-hydrogen) atoms. The zero-order valence-electron chi connectivity index (χ0n) is 11.5. The number of nitro groups is 1. The first-order chi connectivity index (χ1) is 9.93. The lowest BCUT2D eigenvalue weighted by atomic mass is 10.2. The zero-order chi connectivity index (χ0) is 15.6. The Morgan fingerprint density at radius 3 is 2.52 bits per heavy atom. The monoisotopic (exact) mass is 303 g/mol. The van der Waals surface area contributed by atoms with Crippen LogP contribution < -0.4 is 4.90 Å². The highest BCUT2D eigenvalue weighted by Gasteiger charge is 2.24. The van der Waals surface area contributed by atoms with Crippen LogP contribution in [0.5, 0.6) is 0 Å². The van der Waals surface area contributed by atoms with E-state index in [1.54, 1.807) is 43.1 Å². The van der Waals surface area contributed by atoms with Gasteiger partial charge in [0, 0.05) is 23.7 Å². The molecule has 7 heteroatoms. The minimum absolute atomic E-state index is 0.0391. The summed E-state index contributed by atoms with van der Waals surface area (Å²) in [4.78, 5) is 12.9. The van der Waals surface area contributed by atoms with Gasteiger partial charge in [0.1, 0.15) is 0 Å². The average Bonchev–Trinajstić information content (AvgIpc) is 2.92. The maximum atomic E-state index is 11.2. The molecule has 1 aromatic heterocycles. The molecule has 0 aliphatic heterocycles. The molecule has 1 aromatic carbocycles. The van der Waals surface area contributed by atoms with E-state index in [1.165, 1.54) is 17.4 Å². The maximum Gasteiger partial charge on any atom is 0.304 e. The number of thiophene rings is 1. The van der Waals surface area contributed by atoms with Crippen LogP contribution in [0.2, 0.25) is 0 Å². The predicted octanol–water partition coefficient (Wildman–Crippen LogP) is 3.35. The molecule has 6 nitrogen and oxygen atoms in total. The molecular formula is C14H13N3O3S. The molecule has 0 saturated carbocycles. The molecule has 0 radical (unpaired) electrons. The third-order valence-electron chi connectivity index (χ3n) is 3.01. The molecule has 2 aromatic rings. The van der Waals surface area contributed by atoms with Crippen molar-refractivity contribution in [3.8, 4) is 6.07 Å². The van der Waals surface area contributed by atoms with E-state index in [-0.39, 0.29) is 5.69 Å². The number of aliphatic hydroxyl groups excluding tert-OH is 1. The van der Waals surface area contributed by atoms with Crippen molar-refractivity contribution in [2.75, 3.05) is 11.9 Å². The Kier molecular flexibility index (Phi) is 4.21. The van der Waals surface area contributed by atoms with Crippen LogP contribution in [0.3, 0.4) is 0 Å². The van der Waals surface area contributed by atoms with Gasteiger partial charge in [0.25, 0.3) is 0 Å². The summed E-state index contributed by atoms with van der Waals surface area (Å²) in [5.41, 5.74) is 1.22. The minimum Gasteiger partial charge on any atom is -0.388 e. The first-order valence-electron chi connectivity index (χ1n) is 6.14. The van der Waals surface area contributed by atoms with Crippen LogP contribution >= 0.6 is 11.3 Å². The van der Waals surface area contributed by atoms with Crippen LogP contribution in [-0.2, 0) is 0 Å². The van der Waals surface area contributed by atoms with E-state index >= 15 is 0 Å². The number of rotatable bonds is 4. The van der Waals surface area contributed by atoms with Gasteiger partial charge in [0.15, 0.2) is 5.00 Å². The molecule has 0 amide bonds. The fourth-order valence-corrected chi connectivity index (χ4v) is 2.89. The lowest BCUT2D eigenvalue weighted by Gasteiger charge is -2.16. The quantitative estimate of drug-likeness (QED) is 0.691. The number of anilines is 2. The molecule has 0 aliphatic carbocycles. The van der Waals surface area contributed by atoms with E-state index in [9.17, 15) is 15.2 Å². The lowest BCUT2D eigenvalue weighted by Crippen LogP contribution is -2.09. The number of hydrogen-bond acceptors (Lipinski definition) is 6. The van der Waals surface area contributed by atoms with Crippen LogP contribution in [0, 0.1) is 21.4 Å². The highest BCUT2D eigenvalue weighted by Crippen LogP contribution is 2.42. The fraction of sp³-hybridized carbons (Fsp3) is 0.214. The number of aliphatic hydroxyl groups is 1. The fourth-order valence-electron chi connectivity index (χ4n) is 1.84. The molecule has 0 spiro atoms. The van der Waals surface area contributed by atoms with Gasteiger partial charge in [-0.25, -0.2) is 0 Å². The molecule has 2 rings (SSSR count). The van der Waals surface area contributed by atoms with Crippen molar-refractivity contribution >= 4 is 27.7 Å². The van der Waals surface area contributed by atoms with E-state index in [0.717, 1.165) is 5.69 Å². The van der Waals surface area contributed by atoms with Crippen molar-refractivity contribution in [1.82, 2.24) is 0 Å². The molecule has 108 valence electrons. The Hall–Kier alpha value is -2.43. The topological polar surface area (TPSA) is 90.4 Å². The Bertz CT molecular complexity index is 701. The summed E-state index contributed by atoms with van der Waals surface area (Å²) in [5, 5.41) is 30.0. The number of nitrogens with zero attached hydrogens (tertiary/aromatic N) is 3. The molecule has 1 heterocycles. The summed E-state index contributed by atoms with van der Waals surface area (Å²) in [6.45, 7) is 1.57. The van der Waals surface area contributed by atoms with Crippen LogP contribution in [-0.4, -0.2) is 17.1 Å². The van der Waals surface area contributed by atoms with E-state index in [2.05, 4.69) is 0 Å². The van der Waals surface area contributed by atoms with Gasteiger partial charge in [-0.15, -0.1) is 11.3 Å². The first-order valence-corrected chi connectivity index (χ1v) is 6.95. The first kappa shape index (κ1) is 15.0. The second kappa shape index (κ2) is 5.91. The van der Waals surface area contributed by atoms with Gasteiger partial charge in [-0.1, -0.05) is 0 Å². The number of hydrogen-bond donors (Lipinski definition) is 1. The lowest BCUT2D eigenvalue weighted by molar-refractivity contribution is -0.383. The van der Waals surface area contributed by atoms with Crippen molar-refractivity contribution in [2.24, 2.45) is 0 Å². The third-order valence-corrected chi connectivity index (χ3v) is 4.38. The van der Waals surface area contributed by atoms with E-state index in [1.807, 2.05) is 6.07 Å². The molecule has 1 atom stereocenters. The minimum atomic E-state index is -0.753. The zero-order valence-corrected chi connectivity index (χ0v) is 12.3. The Balaban J connectivity index is 2.43. The average molecular weight is 303 g/mol. The summed E-state index contributed by atoms with van der Waals surface area (Å²) in [6.07, 6.45) is -0.753. The Morgan fingerprint density at radius 2 is 2.05 bits per heavy atom. The highest BCUT2D eigenvalue weighted by molar-refractivity contribution is 7.16. The van der Waals surface area contributed by atoms with Gasteiger partial charge >= 0.3 is 5.69 Å². The molecule has 0 saturated heterocycles. The summed E-state index contributed by atoms with van der Waals surface area (Å²) < 4.78 is 0. The third kappa shape index (κ3) is 3.02. The standard InChI is InChI=1S/C14H13N3O3S/c1-9(18)13-7-12(17(19)20)14(21-13)16(2)11-5-3-10(8-15)4-6-11/h3-7,9,18H,1-2H3. The summed E-state index contributed by atoms with van der Waals surface area (Å²) >= 11 is 1.18. The maximum absolute atomic E-state index is 11.2. The van der Waals surface area contributed by atoms with E-state index < -0.39 is 11.0 Å². The van der Waals surface area contributed by atoms with Crippen LogP contribution in [0.1, 0.15) is 23.5 Å². The van der Waals surface area contributed by atoms with Gasteiger partial charge in [0.05, 0.1) is 22.7 Å². The van der Waals surface area contributed by atoms with Crippen molar-refractivity contribution in [3.05, 3.63) is 50.9 Å². The number of nitriles is 1. The largest absolute Gasteiger partial charge is 0.388 e. The van der Waals surface area contributed by atoms with Crippen LogP contribution in [0.4, 0.5) is 16.4 Å². The Morgan fingerprint density at radius 1 is 1.43 bits per heavy atom. The molecule has 0 bridgehead atoms. The van der Waals surface area contributed by atoms with E-state index in [0.29, 0.717) is 15.4 Å². The number of benzene rings is 1. The van der Waals surface area contributed by atoms with Crippen LogP contribution in [0.25, 0.3) is 0 Å². The smallest absolute Gasteiger partial charge is 0.304 e. The van der Waals surface area contributed by atoms with Crippen LogP contribution in [0.15, 0.2) is 30.3 Å². The molecule has 1 unspecified atom stereocenters. The SMILES string of the molecule is CC(O)c1cc([N+](=O)[O-])c(N(C)c2ccc(C#N)cc2)s1.